The molecule has 2 saturated heterocycles. The molecule has 3 aliphatic rings. The van der Waals surface area contributed by atoms with Gasteiger partial charge in [0.15, 0.2) is 10.8 Å². The van der Waals surface area contributed by atoms with Crippen molar-refractivity contribution in [2.24, 2.45) is 10.4 Å². The van der Waals surface area contributed by atoms with E-state index in [0.717, 1.165) is 11.1 Å². The fourth-order valence-corrected chi connectivity index (χ4v) is 6.58. The summed E-state index contributed by atoms with van der Waals surface area (Å²) < 4.78 is 55.8. The van der Waals surface area contributed by atoms with Crippen molar-refractivity contribution in [1.82, 2.24) is 20.3 Å². The van der Waals surface area contributed by atoms with Gasteiger partial charge in [-0.1, -0.05) is 17.7 Å². The smallest absolute Gasteiger partial charge is 0.338 e. The van der Waals surface area contributed by atoms with Crippen molar-refractivity contribution in [2.45, 2.75) is 44.0 Å². The molecule has 2 aromatic rings. The topological polar surface area (TPSA) is 126 Å². The number of aliphatic carboxylic acids is 1. The van der Waals surface area contributed by atoms with Crippen LogP contribution in [0, 0.1) is 11.2 Å². The molecule has 1 aromatic carbocycles. The van der Waals surface area contributed by atoms with Crippen LogP contribution in [-0.2, 0) is 23.9 Å². The fraction of sp³-hybridized carbons (Fsp3) is 0.500. The number of aliphatic imine (C=N–C) groups is 1. The zero-order valence-electron chi connectivity index (χ0n) is 24.2. The van der Waals surface area contributed by atoms with Crippen molar-refractivity contribution in [2.75, 3.05) is 40.5 Å². The molecular weight excluding hydrogens is 627 g/mol. The molecule has 3 aliphatic heterocycles. The number of thiazole rings is 1. The van der Waals surface area contributed by atoms with Crippen LogP contribution in [0.1, 0.15) is 30.5 Å². The standard InChI is InChI=1S/C28H31ClF3N5O6S/c1-27(2,26(39)40)19(41-3)11-37-22-18(12-43-37)36(13-28(22,31)32)10-17-20(25(38)42-4)21(15-6-5-14(30)9-16(15)29)35-23(34-17)24-33-7-8-44-24/h5-9,18-19,21-22H,10-13H2,1-4H3,(H,34,35)(H,39,40)/t18-,19-,21-,22+/m0/s1. The maximum Gasteiger partial charge on any atom is 0.338 e. The molecule has 4 heterocycles. The second kappa shape index (κ2) is 12.4. The summed E-state index contributed by atoms with van der Waals surface area (Å²) in [5.41, 5.74) is -0.808. The highest BCUT2D eigenvalue weighted by Crippen LogP contribution is 2.43. The number of hydroxylamine groups is 2. The van der Waals surface area contributed by atoms with Crippen LogP contribution >= 0.6 is 22.9 Å². The zero-order valence-corrected chi connectivity index (χ0v) is 25.8. The van der Waals surface area contributed by atoms with Gasteiger partial charge in [0, 0.05) is 41.5 Å². The Balaban J connectivity index is 1.50. The number of benzene rings is 1. The van der Waals surface area contributed by atoms with E-state index in [1.807, 2.05) is 0 Å². The van der Waals surface area contributed by atoms with Crippen molar-refractivity contribution in [3.63, 3.8) is 0 Å². The number of rotatable bonds is 10. The molecule has 2 fully saturated rings. The molecule has 0 amide bonds. The van der Waals surface area contributed by atoms with Crippen molar-refractivity contribution in [3.8, 4) is 0 Å². The Bertz CT molecular complexity index is 1490. The van der Waals surface area contributed by atoms with Crippen LogP contribution in [0.2, 0.25) is 5.02 Å². The average Bonchev–Trinajstić information content (AvgIpc) is 3.70. The molecule has 0 saturated carbocycles. The first-order chi connectivity index (χ1) is 20.8. The van der Waals surface area contributed by atoms with Crippen molar-refractivity contribution < 1.29 is 42.2 Å². The summed E-state index contributed by atoms with van der Waals surface area (Å²) in [7, 11) is 2.51. The number of methoxy groups -OCH3 is 2. The number of aromatic nitrogens is 1. The minimum Gasteiger partial charge on any atom is -0.481 e. The number of carbonyl (C=O) groups is 2. The molecule has 44 heavy (non-hydrogen) atoms. The molecule has 0 spiro atoms. The number of ether oxygens (including phenoxy) is 2. The highest BCUT2D eigenvalue weighted by Gasteiger charge is 2.61. The summed E-state index contributed by atoms with van der Waals surface area (Å²) in [5.74, 6) is -5.48. The van der Waals surface area contributed by atoms with E-state index in [9.17, 15) is 19.1 Å². The Labute approximate surface area is 260 Å². The van der Waals surface area contributed by atoms with Crippen molar-refractivity contribution >= 4 is 40.7 Å². The lowest BCUT2D eigenvalue weighted by Crippen LogP contribution is -2.51. The number of hydrogen-bond donors (Lipinski definition) is 2. The van der Waals surface area contributed by atoms with Gasteiger partial charge in [-0.05, 0) is 26.0 Å². The lowest BCUT2D eigenvalue weighted by molar-refractivity contribution is -0.205. The van der Waals surface area contributed by atoms with Crippen molar-refractivity contribution in [1.29, 1.82) is 0 Å². The number of nitrogens with zero attached hydrogens (tertiary/aromatic N) is 4. The van der Waals surface area contributed by atoms with Gasteiger partial charge in [0.2, 0.25) is 0 Å². The molecule has 0 unspecified atom stereocenters. The molecule has 0 aliphatic carbocycles. The number of carboxylic acids is 1. The Hall–Kier alpha value is -3.08. The third-order valence-corrected chi connectivity index (χ3v) is 9.28. The summed E-state index contributed by atoms with van der Waals surface area (Å²) in [6, 6.07) is 0.405. The number of halogens is 4. The zero-order chi connectivity index (χ0) is 32.0. The van der Waals surface area contributed by atoms with Crippen molar-refractivity contribution in [3.05, 3.63) is 62.5 Å². The number of fused-ring (bicyclic) bond motifs is 1. The first kappa shape index (κ1) is 32.3. The van der Waals surface area contributed by atoms with Gasteiger partial charge < -0.3 is 19.9 Å². The number of carbonyl (C=O) groups excluding carboxylic acids is 1. The van der Waals surface area contributed by atoms with Gasteiger partial charge in [-0.3, -0.25) is 19.5 Å². The Kier molecular flexibility index (Phi) is 9.08. The number of alkyl halides is 2. The molecule has 11 nitrogen and oxygen atoms in total. The van der Waals surface area contributed by atoms with Gasteiger partial charge in [-0.25, -0.2) is 22.9 Å². The normalized spacial score (nSPS) is 24.5. The van der Waals surface area contributed by atoms with Gasteiger partial charge in [-0.15, -0.1) is 11.3 Å². The molecule has 238 valence electrons. The number of esters is 1. The van der Waals surface area contributed by atoms with E-state index in [4.69, 9.17) is 25.9 Å². The summed E-state index contributed by atoms with van der Waals surface area (Å²) in [6.45, 7) is 1.76. The summed E-state index contributed by atoms with van der Waals surface area (Å²) in [5, 5.41) is 16.1. The summed E-state index contributed by atoms with van der Waals surface area (Å²) in [4.78, 5) is 41.2. The van der Waals surface area contributed by atoms with Crippen LogP contribution in [-0.4, -0.2) is 102 Å². The van der Waals surface area contributed by atoms with E-state index in [-0.39, 0.29) is 41.8 Å². The Morgan fingerprint density at radius 3 is 2.70 bits per heavy atom. The predicted octanol–water partition coefficient (Wildman–Crippen LogP) is 3.51. The van der Waals surface area contributed by atoms with Gasteiger partial charge in [0.05, 0.1) is 49.9 Å². The van der Waals surface area contributed by atoms with Crippen LogP contribution in [0.4, 0.5) is 13.2 Å². The lowest BCUT2D eigenvalue weighted by atomic mass is 9.86. The molecule has 1 aromatic heterocycles. The van der Waals surface area contributed by atoms with E-state index in [1.165, 1.54) is 56.4 Å². The molecule has 5 rings (SSSR count). The highest BCUT2D eigenvalue weighted by molar-refractivity contribution is 7.11. The minimum absolute atomic E-state index is 0.0180. The third kappa shape index (κ3) is 5.96. The first-order valence-corrected chi connectivity index (χ1v) is 14.8. The second-order valence-electron chi connectivity index (χ2n) is 11.2. The molecule has 0 radical (unpaired) electrons. The number of carboxylic acid groups (broad SMARTS) is 1. The molecule has 2 N–H and O–H groups in total. The van der Waals surface area contributed by atoms with Crippen LogP contribution in [0.25, 0.3) is 0 Å². The summed E-state index contributed by atoms with van der Waals surface area (Å²) in [6.07, 6.45) is 0.619. The maximum absolute atomic E-state index is 15.7. The Morgan fingerprint density at radius 1 is 1.34 bits per heavy atom. The van der Waals surface area contributed by atoms with Crippen LogP contribution in [0.3, 0.4) is 0 Å². The van der Waals surface area contributed by atoms with E-state index >= 15 is 8.78 Å². The van der Waals surface area contributed by atoms with E-state index in [1.54, 1.807) is 11.6 Å². The SMILES string of the molecule is COC(=O)C1=C(CN2CC(F)(F)[C@H]3[C@@H]2CON3C[C@H](OC)C(C)(C)C(=O)O)NC(c2nccs2)=N[C@H]1c1ccc(F)cc1Cl. The third-order valence-electron chi connectivity index (χ3n) is 8.17. The predicted molar refractivity (Wildman–Crippen MR) is 154 cm³/mol. The quantitative estimate of drug-likeness (QED) is 0.367. The lowest BCUT2D eigenvalue weighted by Gasteiger charge is -2.34. The average molecular weight is 658 g/mol. The molecular formula is C28H31ClF3N5O6S. The van der Waals surface area contributed by atoms with Crippen LogP contribution < -0.4 is 5.32 Å². The molecule has 4 atom stereocenters. The Morgan fingerprint density at radius 2 is 2.09 bits per heavy atom. The maximum atomic E-state index is 15.7. The van der Waals surface area contributed by atoms with Crippen LogP contribution in [0.15, 0.2) is 46.0 Å². The van der Waals surface area contributed by atoms with Gasteiger partial charge >= 0.3 is 11.9 Å². The second-order valence-corrected chi connectivity index (χ2v) is 12.5. The minimum atomic E-state index is -3.26. The molecule has 0 bridgehead atoms. The highest BCUT2D eigenvalue weighted by atomic mass is 35.5. The van der Waals surface area contributed by atoms with E-state index in [0.29, 0.717) is 10.6 Å². The summed E-state index contributed by atoms with van der Waals surface area (Å²) >= 11 is 7.67. The number of nitrogens with one attached hydrogen (secondary N) is 1. The monoisotopic (exact) mass is 657 g/mol. The van der Waals surface area contributed by atoms with Gasteiger partial charge in [0.1, 0.15) is 17.9 Å². The van der Waals surface area contributed by atoms with Crippen LogP contribution in [0.5, 0.6) is 0 Å². The molecule has 16 heteroatoms. The van der Waals surface area contributed by atoms with E-state index < -0.39 is 59.9 Å². The largest absolute Gasteiger partial charge is 0.481 e. The van der Waals surface area contributed by atoms with Gasteiger partial charge in [-0.2, -0.15) is 5.06 Å². The van der Waals surface area contributed by atoms with Gasteiger partial charge in [0.25, 0.3) is 5.92 Å². The number of hydrogen-bond acceptors (Lipinski definition) is 11. The number of amidine groups is 1. The number of likely N-dealkylation sites (tertiary alicyclic amines) is 1. The fourth-order valence-electron chi connectivity index (χ4n) is 5.72. The first-order valence-electron chi connectivity index (χ1n) is 13.6. The van der Waals surface area contributed by atoms with E-state index in [2.05, 4.69) is 15.3 Å².